The van der Waals surface area contributed by atoms with Gasteiger partial charge in [0, 0.05) is 18.5 Å². The molecule has 13 heavy (non-hydrogen) atoms. The maximum atomic E-state index is 11.4. The molecule has 3 N–H and O–H groups in total. The molecule has 74 valence electrons. The summed E-state index contributed by atoms with van der Waals surface area (Å²) in [5.41, 5.74) is 5.85. The molecule has 0 aromatic heterocycles. The zero-order valence-corrected chi connectivity index (χ0v) is 8.12. The first-order valence-corrected chi connectivity index (χ1v) is 5.21. The van der Waals surface area contributed by atoms with E-state index < -0.39 is 0 Å². The zero-order chi connectivity index (χ0) is 9.42. The van der Waals surface area contributed by atoms with E-state index in [0.717, 1.165) is 6.42 Å². The van der Waals surface area contributed by atoms with Crippen molar-refractivity contribution in [2.75, 3.05) is 0 Å². The summed E-state index contributed by atoms with van der Waals surface area (Å²) in [4.78, 5) is 11.4. The van der Waals surface area contributed by atoms with Gasteiger partial charge in [0.25, 0.3) is 0 Å². The summed E-state index contributed by atoms with van der Waals surface area (Å²) in [6.07, 6.45) is 4.10. The standard InChI is InChI=1S/C10H18N2O/c1-6-4-9(6)12-10(13)5-8(11)7-2-3-7/h6-9H,2-5,11H2,1H3,(H,12,13). The minimum Gasteiger partial charge on any atom is -0.353 e. The molecule has 0 heterocycles. The van der Waals surface area contributed by atoms with Crippen molar-refractivity contribution in [1.82, 2.24) is 5.32 Å². The summed E-state index contributed by atoms with van der Waals surface area (Å²) in [6, 6.07) is 0.549. The molecule has 0 aliphatic heterocycles. The Morgan fingerprint density at radius 3 is 2.69 bits per heavy atom. The maximum Gasteiger partial charge on any atom is 0.221 e. The van der Waals surface area contributed by atoms with E-state index in [4.69, 9.17) is 5.73 Å². The van der Waals surface area contributed by atoms with Crippen molar-refractivity contribution in [3.05, 3.63) is 0 Å². The zero-order valence-electron chi connectivity index (χ0n) is 8.12. The van der Waals surface area contributed by atoms with Crippen LogP contribution in [0.1, 0.15) is 32.6 Å². The summed E-state index contributed by atoms with van der Waals surface area (Å²) in [5.74, 6) is 1.46. The third-order valence-electron chi connectivity index (χ3n) is 3.10. The highest BCUT2D eigenvalue weighted by atomic mass is 16.1. The van der Waals surface area contributed by atoms with Crippen molar-refractivity contribution in [1.29, 1.82) is 0 Å². The van der Waals surface area contributed by atoms with Gasteiger partial charge in [-0.25, -0.2) is 0 Å². The van der Waals surface area contributed by atoms with Crippen LogP contribution in [0, 0.1) is 11.8 Å². The summed E-state index contributed by atoms with van der Waals surface area (Å²) >= 11 is 0. The topological polar surface area (TPSA) is 55.1 Å². The highest BCUT2D eigenvalue weighted by Gasteiger charge is 2.35. The van der Waals surface area contributed by atoms with Crippen LogP contribution in [0.25, 0.3) is 0 Å². The SMILES string of the molecule is CC1CC1NC(=O)CC(N)C1CC1. The third kappa shape index (κ3) is 2.44. The Morgan fingerprint density at radius 1 is 1.62 bits per heavy atom. The first kappa shape index (κ1) is 9.00. The number of carbonyl (C=O) groups is 1. The Balaban J connectivity index is 1.65. The summed E-state index contributed by atoms with van der Waals surface area (Å²) in [7, 11) is 0. The molecule has 1 amide bonds. The van der Waals surface area contributed by atoms with Gasteiger partial charge in [0.05, 0.1) is 0 Å². The van der Waals surface area contributed by atoms with Gasteiger partial charge < -0.3 is 11.1 Å². The van der Waals surface area contributed by atoms with Crippen LogP contribution in [0.2, 0.25) is 0 Å². The lowest BCUT2D eigenvalue weighted by molar-refractivity contribution is -0.121. The van der Waals surface area contributed by atoms with E-state index in [-0.39, 0.29) is 11.9 Å². The van der Waals surface area contributed by atoms with Crippen molar-refractivity contribution < 1.29 is 4.79 Å². The highest BCUT2D eigenvalue weighted by Crippen LogP contribution is 2.33. The molecule has 0 aromatic carbocycles. The van der Waals surface area contributed by atoms with E-state index in [1.165, 1.54) is 12.8 Å². The third-order valence-corrected chi connectivity index (χ3v) is 3.10. The second-order valence-electron chi connectivity index (χ2n) is 4.59. The molecule has 0 bridgehead atoms. The minimum absolute atomic E-state index is 0.106. The molecule has 2 saturated carbocycles. The van der Waals surface area contributed by atoms with Crippen LogP contribution in [-0.2, 0) is 4.79 Å². The van der Waals surface area contributed by atoms with Crippen LogP contribution in [0.5, 0.6) is 0 Å². The molecule has 3 heteroatoms. The average molecular weight is 182 g/mol. The van der Waals surface area contributed by atoms with Crippen molar-refractivity contribution in [3.63, 3.8) is 0 Å². The maximum absolute atomic E-state index is 11.4. The lowest BCUT2D eigenvalue weighted by atomic mass is 10.1. The molecular weight excluding hydrogens is 164 g/mol. The summed E-state index contributed by atoms with van der Waals surface area (Å²) in [5, 5.41) is 3.00. The largest absolute Gasteiger partial charge is 0.353 e. The number of nitrogens with one attached hydrogen (secondary N) is 1. The second kappa shape index (κ2) is 3.29. The van der Waals surface area contributed by atoms with Gasteiger partial charge >= 0.3 is 0 Å². The molecule has 0 aromatic rings. The van der Waals surface area contributed by atoms with Crippen molar-refractivity contribution in [2.45, 2.75) is 44.7 Å². The molecular formula is C10H18N2O. The van der Waals surface area contributed by atoms with Gasteiger partial charge in [-0.3, -0.25) is 4.79 Å². The van der Waals surface area contributed by atoms with Crippen LogP contribution in [0.3, 0.4) is 0 Å². The van der Waals surface area contributed by atoms with Gasteiger partial charge in [-0.15, -0.1) is 0 Å². The van der Waals surface area contributed by atoms with Crippen molar-refractivity contribution in [3.8, 4) is 0 Å². The number of hydrogen-bond donors (Lipinski definition) is 2. The van der Waals surface area contributed by atoms with Crippen molar-refractivity contribution in [2.24, 2.45) is 17.6 Å². The van der Waals surface area contributed by atoms with E-state index in [1.54, 1.807) is 0 Å². The lowest BCUT2D eigenvalue weighted by Gasteiger charge is -2.09. The van der Waals surface area contributed by atoms with E-state index in [1.807, 2.05) is 0 Å². The van der Waals surface area contributed by atoms with Crippen LogP contribution < -0.4 is 11.1 Å². The quantitative estimate of drug-likeness (QED) is 0.670. The number of rotatable bonds is 4. The van der Waals surface area contributed by atoms with Gasteiger partial charge in [0.15, 0.2) is 0 Å². The van der Waals surface area contributed by atoms with Gasteiger partial charge in [-0.05, 0) is 31.1 Å². The predicted octanol–water partition coefficient (Wildman–Crippen LogP) is 0.638. The van der Waals surface area contributed by atoms with Crippen LogP contribution in [0.15, 0.2) is 0 Å². The fourth-order valence-corrected chi connectivity index (χ4v) is 1.69. The monoisotopic (exact) mass is 182 g/mol. The molecule has 0 spiro atoms. The van der Waals surface area contributed by atoms with Crippen molar-refractivity contribution >= 4 is 5.91 Å². The number of amides is 1. The molecule has 2 fully saturated rings. The lowest BCUT2D eigenvalue weighted by Crippen LogP contribution is -2.34. The second-order valence-corrected chi connectivity index (χ2v) is 4.59. The minimum atomic E-state index is 0.106. The highest BCUT2D eigenvalue weighted by molar-refractivity contribution is 5.77. The molecule has 0 radical (unpaired) electrons. The molecule has 2 aliphatic carbocycles. The fourth-order valence-electron chi connectivity index (χ4n) is 1.69. The fraction of sp³-hybridized carbons (Fsp3) is 0.900. The molecule has 2 aliphatic rings. The molecule has 0 saturated heterocycles. The predicted molar refractivity (Wildman–Crippen MR) is 51.0 cm³/mol. The van der Waals surface area contributed by atoms with E-state index in [2.05, 4.69) is 12.2 Å². The first-order valence-electron chi connectivity index (χ1n) is 5.21. The Hall–Kier alpha value is -0.570. The Morgan fingerprint density at radius 2 is 2.23 bits per heavy atom. The van der Waals surface area contributed by atoms with E-state index in [0.29, 0.717) is 24.3 Å². The van der Waals surface area contributed by atoms with Gasteiger partial charge in [-0.1, -0.05) is 6.92 Å². The van der Waals surface area contributed by atoms with Crippen LogP contribution in [-0.4, -0.2) is 18.0 Å². The van der Waals surface area contributed by atoms with Gasteiger partial charge in [-0.2, -0.15) is 0 Å². The first-order chi connectivity index (χ1) is 6.16. The Bertz CT molecular complexity index is 213. The summed E-state index contributed by atoms with van der Waals surface area (Å²) in [6.45, 7) is 2.16. The van der Waals surface area contributed by atoms with Gasteiger partial charge in [0.1, 0.15) is 0 Å². The van der Waals surface area contributed by atoms with Crippen LogP contribution in [0.4, 0.5) is 0 Å². The molecule has 3 atom stereocenters. The number of carbonyl (C=O) groups excluding carboxylic acids is 1. The Kier molecular flexibility index (Phi) is 2.28. The number of hydrogen-bond acceptors (Lipinski definition) is 2. The average Bonchev–Trinajstić information content (AvgIpc) is 2.87. The van der Waals surface area contributed by atoms with Crippen LogP contribution >= 0.6 is 0 Å². The van der Waals surface area contributed by atoms with Gasteiger partial charge in [0.2, 0.25) is 5.91 Å². The molecule has 2 rings (SSSR count). The Labute approximate surface area is 79.1 Å². The molecule has 3 nitrogen and oxygen atoms in total. The van der Waals surface area contributed by atoms with E-state index >= 15 is 0 Å². The van der Waals surface area contributed by atoms with E-state index in [9.17, 15) is 4.79 Å². The molecule has 3 unspecified atom stereocenters. The normalized spacial score (nSPS) is 34.0. The smallest absolute Gasteiger partial charge is 0.221 e. The number of nitrogens with two attached hydrogens (primary N) is 1. The summed E-state index contributed by atoms with van der Waals surface area (Å²) < 4.78 is 0.